The van der Waals surface area contributed by atoms with Crippen LogP contribution in [0, 0.1) is 6.92 Å². The van der Waals surface area contributed by atoms with Crippen LogP contribution in [0.1, 0.15) is 54.0 Å². The van der Waals surface area contributed by atoms with Crippen molar-refractivity contribution >= 4 is 27.4 Å². The SMILES string of the molecule is CC(=O)c1ccccc1NC(=O)c1cc(S(=O)(=O)NC(C)(C)C)ccc1C. The first-order valence-electron chi connectivity index (χ1n) is 8.47. The van der Waals surface area contributed by atoms with E-state index in [1.165, 1.54) is 19.1 Å². The largest absolute Gasteiger partial charge is 0.321 e. The first kappa shape index (κ1) is 20.8. The van der Waals surface area contributed by atoms with Gasteiger partial charge in [0.05, 0.1) is 10.6 Å². The number of nitrogens with one attached hydrogen (secondary N) is 2. The minimum absolute atomic E-state index is 0.00743. The first-order chi connectivity index (χ1) is 12.4. The van der Waals surface area contributed by atoms with Gasteiger partial charge in [-0.05, 0) is 64.4 Å². The molecule has 27 heavy (non-hydrogen) atoms. The normalized spacial score (nSPS) is 11.9. The second-order valence-electron chi connectivity index (χ2n) is 7.39. The molecule has 2 aromatic rings. The van der Waals surface area contributed by atoms with Gasteiger partial charge >= 0.3 is 0 Å². The summed E-state index contributed by atoms with van der Waals surface area (Å²) >= 11 is 0. The number of benzene rings is 2. The van der Waals surface area contributed by atoms with E-state index >= 15 is 0 Å². The fourth-order valence-corrected chi connectivity index (χ4v) is 4.01. The molecule has 144 valence electrons. The van der Waals surface area contributed by atoms with Crippen LogP contribution in [-0.4, -0.2) is 25.6 Å². The Labute approximate surface area is 160 Å². The van der Waals surface area contributed by atoms with E-state index in [-0.39, 0.29) is 16.2 Å². The Morgan fingerprint density at radius 3 is 2.19 bits per heavy atom. The van der Waals surface area contributed by atoms with Crippen molar-refractivity contribution in [3.05, 3.63) is 59.2 Å². The zero-order chi connectivity index (χ0) is 20.4. The number of carbonyl (C=O) groups excluding carboxylic acids is 2. The number of para-hydroxylation sites is 1. The molecule has 0 aliphatic heterocycles. The molecule has 0 fully saturated rings. The molecule has 0 radical (unpaired) electrons. The van der Waals surface area contributed by atoms with Gasteiger partial charge in [-0.3, -0.25) is 9.59 Å². The molecule has 1 amide bonds. The third-order valence-corrected chi connectivity index (χ3v) is 5.51. The Bertz CT molecular complexity index is 989. The van der Waals surface area contributed by atoms with Crippen LogP contribution in [0.3, 0.4) is 0 Å². The highest BCUT2D eigenvalue weighted by atomic mass is 32.2. The lowest BCUT2D eigenvalue weighted by Crippen LogP contribution is -2.40. The van der Waals surface area contributed by atoms with Crippen molar-refractivity contribution in [2.45, 2.75) is 45.1 Å². The topological polar surface area (TPSA) is 92.3 Å². The third kappa shape index (κ3) is 5.24. The zero-order valence-electron chi connectivity index (χ0n) is 16.1. The number of sulfonamides is 1. The van der Waals surface area contributed by atoms with E-state index in [1.807, 2.05) is 0 Å². The summed E-state index contributed by atoms with van der Waals surface area (Å²) in [4.78, 5) is 24.5. The van der Waals surface area contributed by atoms with Gasteiger partial charge in [0.1, 0.15) is 0 Å². The van der Waals surface area contributed by atoms with Crippen molar-refractivity contribution in [3.8, 4) is 0 Å². The predicted octanol–water partition coefficient (Wildman–Crippen LogP) is 3.53. The van der Waals surface area contributed by atoms with E-state index in [9.17, 15) is 18.0 Å². The van der Waals surface area contributed by atoms with E-state index < -0.39 is 21.5 Å². The van der Waals surface area contributed by atoms with Crippen molar-refractivity contribution in [2.24, 2.45) is 0 Å². The Morgan fingerprint density at radius 1 is 0.963 bits per heavy atom. The molecule has 0 spiro atoms. The van der Waals surface area contributed by atoms with E-state index in [4.69, 9.17) is 0 Å². The number of hydrogen-bond donors (Lipinski definition) is 2. The molecule has 0 saturated carbocycles. The van der Waals surface area contributed by atoms with E-state index in [0.717, 1.165) is 0 Å². The second-order valence-corrected chi connectivity index (χ2v) is 9.07. The number of aryl methyl sites for hydroxylation is 1. The van der Waals surface area contributed by atoms with Crippen molar-refractivity contribution < 1.29 is 18.0 Å². The van der Waals surface area contributed by atoms with Crippen molar-refractivity contribution in [1.82, 2.24) is 4.72 Å². The molecule has 0 aliphatic carbocycles. The average molecular weight is 388 g/mol. The molecule has 0 unspecified atom stereocenters. The molecule has 0 aliphatic rings. The van der Waals surface area contributed by atoms with Crippen LogP contribution in [0.25, 0.3) is 0 Å². The fourth-order valence-electron chi connectivity index (χ4n) is 2.56. The van der Waals surface area contributed by atoms with Gasteiger partial charge in [0.25, 0.3) is 5.91 Å². The van der Waals surface area contributed by atoms with Crippen LogP contribution in [-0.2, 0) is 10.0 Å². The summed E-state index contributed by atoms with van der Waals surface area (Å²) in [6.45, 7) is 8.36. The second kappa shape index (κ2) is 7.62. The molecular formula is C20H24N2O4S. The van der Waals surface area contributed by atoms with Crippen LogP contribution < -0.4 is 10.0 Å². The van der Waals surface area contributed by atoms with Crippen LogP contribution in [0.2, 0.25) is 0 Å². The maximum Gasteiger partial charge on any atom is 0.255 e. The molecule has 7 heteroatoms. The Kier molecular flexibility index (Phi) is 5.87. The maximum absolute atomic E-state index is 12.7. The van der Waals surface area contributed by atoms with Gasteiger partial charge in [0, 0.05) is 16.7 Å². The minimum Gasteiger partial charge on any atom is -0.321 e. The van der Waals surface area contributed by atoms with Gasteiger partial charge in [-0.1, -0.05) is 18.2 Å². The predicted molar refractivity (Wildman–Crippen MR) is 106 cm³/mol. The Hall–Kier alpha value is -2.51. The Morgan fingerprint density at radius 2 is 1.59 bits per heavy atom. The van der Waals surface area contributed by atoms with Crippen LogP contribution in [0.5, 0.6) is 0 Å². The minimum atomic E-state index is -3.77. The highest BCUT2D eigenvalue weighted by Gasteiger charge is 2.23. The summed E-state index contributed by atoms with van der Waals surface area (Å²) in [5, 5.41) is 2.70. The Balaban J connectivity index is 2.39. The summed E-state index contributed by atoms with van der Waals surface area (Å²) < 4.78 is 27.7. The summed E-state index contributed by atoms with van der Waals surface area (Å²) in [5.41, 5.74) is 0.983. The molecular weight excluding hydrogens is 364 g/mol. The van der Waals surface area contributed by atoms with E-state index in [1.54, 1.807) is 58.0 Å². The molecule has 2 aromatic carbocycles. The summed E-state index contributed by atoms with van der Waals surface area (Å²) in [6.07, 6.45) is 0. The third-order valence-electron chi connectivity index (χ3n) is 3.76. The molecule has 2 N–H and O–H groups in total. The van der Waals surface area contributed by atoms with Crippen LogP contribution in [0.15, 0.2) is 47.4 Å². The number of rotatable bonds is 5. The van der Waals surface area contributed by atoms with Crippen LogP contribution in [0.4, 0.5) is 5.69 Å². The highest BCUT2D eigenvalue weighted by Crippen LogP contribution is 2.21. The molecule has 0 saturated heterocycles. The van der Waals surface area contributed by atoms with Gasteiger partial charge in [0.15, 0.2) is 5.78 Å². The number of carbonyl (C=O) groups is 2. The summed E-state index contributed by atoms with van der Waals surface area (Å²) in [6, 6.07) is 11.1. The standard InChI is InChI=1S/C20H24N2O4S/c1-13-10-11-15(27(25,26)22-20(3,4)5)12-17(13)19(24)21-18-9-7-6-8-16(18)14(2)23/h6-12,22H,1-5H3,(H,21,24). The van der Waals surface area contributed by atoms with Crippen molar-refractivity contribution in [3.63, 3.8) is 0 Å². The average Bonchev–Trinajstić information content (AvgIpc) is 2.53. The van der Waals surface area contributed by atoms with Gasteiger partial charge in [-0.15, -0.1) is 0 Å². The van der Waals surface area contributed by atoms with Crippen molar-refractivity contribution in [2.75, 3.05) is 5.32 Å². The number of anilines is 1. The number of Topliss-reactive ketones (excluding diaryl/α,β-unsaturated/α-hetero) is 1. The quantitative estimate of drug-likeness (QED) is 0.767. The maximum atomic E-state index is 12.7. The molecule has 0 heterocycles. The number of ketones is 1. The molecule has 0 atom stereocenters. The lowest BCUT2D eigenvalue weighted by molar-refractivity contribution is 0.101. The number of amides is 1. The van der Waals surface area contributed by atoms with Gasteiger partial charge in [0.2, 0.25) is 10.0 Å². The summed E-state index contributed by atoms with van der Waals surface area (Å²) in [5.74, 6) is -0.651. The number of hydrogen-bond acceptors (Lipinski definition) is 4. The van der Waals surface area contributed by atoms with E-state index in [2.05, 4.69) is 10.0 Å². The lowest BCUT2D eigenvalue weighted by Gasteiger charge is -2.20. The smallest absolute Gasteiger partial charge is 0.255 e. The molecule has 0 aromatic heterocycles. The molecule has 2 rings (SSSR count). The summed E-state index contributed by atoms with van der Waals surface area (Å²) in [7, 11) is -3.77. The monoisotopic (exact) mass is 388 g/mol. The van der Waals surface area contributed by atoms with Crippen molar-refractivity contribution in [1.29, 1.82) is 0 Å². The van der Waals surface area contributed by atoms with Gasteiger partial charge < -0.3 is 5.32 Å². The highest BCUT2D eigenvalue weighted by molar-refractivity contribution is 7.89. The fraction of sp³-hybridized carbons (Fsp3) is 0.300. The van der Waals surface area contributed by atoms with E-state index in [0.29, 0.717) is 16.8 Å². The van der Waals surface area contributed by atoms with Gasteiger partial charge in [-0.25, -0.2) is 13.1 Å². The zero-order valence-corrected chi connectivity index (χ0v) is 16.9. The molecule has 6 nitrogen and oxygen atoms in total. The molecule has 0 bridgehead atoms. The first-order valence-corrected chi connectivity index (χ1v) is 9.95. The lowest BCUT2D eigenvalue weighted by atomic mass is 10.1. The van der Waals surface area contributed by atoms with Crippen LogP contribution >= 0.6 is 0 Å². The van der Waals surface area contributed by atoms with Gasteiger partial charge in [-0.2, -0.15) is 0 Å².